The van der Waals surface area contributed by atoms with Gasteiger partial charge in [-0.05, 0) is 28.1 Å². The van der Waals surface area contributed by atoms with Crippen molar-refractivity contribution in [3.8, 4) is 0 Å². The third-order valence-corrected chi connectivity index (χ3v) is 2.45. The number of hydrogen-bond donors (Lipinski definition) is 0. The van der Waals surface area contributed by atoms with Crippen molar-refractivity contribution in [2.75, 3.05) is 0 Å². The summed E-state index contributed by atoms with van der Waals surface area (Å²) in [5.74, 6) is -0.505. The van der Waals surface area contributed by atoms with E-state index in [0.29, 0.717) is 9.50 Å². The SMILES string of the molecule is Fc1cc(Cl)c(Br)cc1Cl. The van der Waals surface area contributed by atoms with Crippen molar-refractivity contribution in [1.29, 1.82) is 0 Å². The maximum absolute atomic E-state index is 12.5. The molecule has 0 N–H and O–H groups in total. The molecule has 10 heavy (non-hydrogen) atoms. The van der Waals surface area contributed by atoms with Crippen LogP contribution in [0, 0.1) is 5.82 Å². The minimum absolute atomic E-state index is 0.0660. The summed E-state index contributed by atoms with van der Waals surface area (Å²) >= 11 is 14.1. The summed E-state index contributed by atoms with van der Waals surface area (Å²) in [6.07, 6.45) is 0. The van der Waals surface area contributed by atoms with Gasteiger partial charge in [0.15, 0.2) is 0 Å². The van der Waals surface area contributed by atoms with Crippen molar-refractivity contribution in [2.24, 2.45) is 0 Å². The molecule has 0 fully saturated rings. The molecule has 54 valence electrons. The van der Waals surface area contributed by atoms with E-state index in [4.69, 9.17) is 23.2 Å². The Hall–Kier alpha value is 0.210. The molecule has 0 spiro atoms. The standard InChI is InChI=1S/C6H2BrCl2F/c7-3-1-5(9)6(10)2-4(3)8/h1-2H. The van der Waals surface area contributed by atoms with Gasteiger partial charge in [0.25, 0.3) is 0 Å². The third-order valence-electron chi connectivity index (χ3n) is 0.963. The van der Waals surface area contributed by atoms with Gasteiger partial charge in [-0.2, -0.15) is 0 Å². The van der Waals surface area contributed by atoms with Crippen LogP contribution >= 0.6 is 39.1 Å². The fourth-order valence-electron chi connectivity index (χ4n) is 0.498. The average molecular weight is 244 g/mol. The Morgan fingerprint density at radius 1 is 1.20 bits per heavy atom. The van der Waals surface area contributed by atoms with E-state index in [2.05, 4.69) is 15.9 Å². The predicted molar refractivity (Wildman–Crippen MR) is 44.1 cm³/mol. The zero-order valence-corrected chi connectivity index (χ0v) is 7.76. The molecule has 4 heteroatoms. The van der Waals surface area contributed by atoms with Crippen LogP contribution in [0.1, 0.15) is 0 Å². The minimum atomic E-state index is -0.505. The molecule has 0 saturated carbocycles. The molecule has 0 aromatic heterocycles. The van der Waals surface area contributed by atoms with Crippen molar-refractivity contribution in [3.05, 3.63) is 32.5 Å². The summed E-state index contributed by atoms with van der Waals surface area (Å²) in [6.45, 7) is 0. The molecule has 0 unspecified atom stereocenters. The molecule has 0 amide bonds. The molecular formula is C6H2BrCl2F. The Labute approximate surface area is 76.1 Å². The highest BCUT2D eigenvalue weighted by Crippen LogP contribution is 2.27. The summed E-state index contributed by atoms with van der Waals surface area (Å²) in [4.78, 5) is 0. The monoisotopic (exact) mass is 242 g/mol. The lowest BCUT2D eigenvalue weighted by molar-refractivity contribution is 0.628. The van der Waals surface area contributed by atoms with Crippen LogP contribution in [0.2, 0.25) is 10.0 Å². The second-order valence-corrected chi connectivity index (χ2v) is 3.35. The molecule has 0 heterocycles. The van der Waals surface area contributed by atoms with E-state index in [9.17, 15) is 4.39 Å². The normalized spacial score (nSPS) is 10.0. The van der Waals surface area contributed by atoms with Crippen molar-refractivity contribution in [3.63, 3.8) is 0 Å². The number of benzene rings is 1. The Bertz CT molecular complexity index is 212. The van der Waals surface area contributed by atoms with E-state index < -0.39 is 5.82 Å². The second kappa shape index (κ2) is 3.07. The van der Waals surface area contributed by atoms with Crippen LogP contribution in [0.15, 0.2) is 16.6 Å². The van der Waals surface area contributed by atoms with Gasteiger partial charge in [0.2, 0.25) is 0 Å². The smallest absolute Gasteiger partial charge is 0.143 e. The van der Waals surface area contributed by atoms with E-state index in [-0.39, 0.29) is 5.02 Å². The highest BCUT2D eigenvalue weighted by molar-refractivity contribution is 9.10. The summed E-state index contributed by atoms with van der Waals surface area (Å²) in [5, 5.41) is 0.387. The minimum Gasteiger partial charge on any atom is -0.205 e. The van der Waals surface area contributed by atoms with E-state index in [1.165, 1.54) is 6.07 Å². The van der Waals surface area contributed by atoms with Crippen molar-refractivity contribution < 1.29 is 4.39 Å². The zero-order valence-electron chi connectivity index (χ0n) is 4.67. The molecule has 0 radical (unpaired) electrons. The fraction of sp³-hybridized carbons (Fsp3) is 0. The summed E-state index contributed by atoms with van der Waals surface area (Å²) in [7, 11) is 0. The number of halogens is 4. The van der Waals surface area contributed by atoms with E-state index in [0.717, 1.165) is 6.07 Å². The first-order valence-corrected chi connectivity index (χ1v) is 3.96. The van der Waals surface area contributed by atoms with Crippen LogP contribution in [-0.4, -0.2) is 0 Å². The molecule has 0 bridgehead atoms. The third kappa shape index (κ3) is 1.62. The van der Waals surface area contributed by atoms with Crippen LogP contribution in [0.3, 0.4) is 0 Å². The molecule has 0 aliphatic carbocycles. The molecular weight excluding hydrogens is 242 g/mol. The summed E-state index contributed by atoms with van der Waals surface area (Å²) < 4.78 is 13.1. The molecule has 1 aromatic carbocycles. The molecule has 0 saturated heterocycles. The van der Waals surface area contributed by atoms with Gasteiger partial charge in [-0.15, -0.1) is 0 Å². The topological polar surface area (TPSA) is 0 Å². The maximum atomic E-state index is 12.5. The average Bonchev–Trinajstić information content (AvgIpc) is 1.84. The lowest BCUT2D eigenvalue weighted by Gasteiger charge is -1.96. The van der Waals surface area contributed by atoms with Crippen LogP contribution in [-0.2, 0) is 0 Å². The number of hydrogen-bond acceptors (Lipinski definition) is 0. The molecule has 0 atom stereocenters. The van der Waals surface area contributed by atoms with Gasteiger partial charge in [-0.1, -0.05) is 23.2 Å². The van der Waals surface area contributed by atoms with Gasteiger partial charge in [0, 0.05) is 4.47 Å². The highest BCUT2D eigenvalue weighted by atomic mass is 79.9. The maximum Gasteiger partial charge on any atom is 0.143 e. The summed E-state index contributed by atoms with van der Waals surface area (Å²) in [5.41, 5.74) is 0. The van der Waals surface area contributed by atoms with Crippen LogP contribution in [0.5, 0.6) is 0 Å². The quantitative estimate of drug-likeness (QED) is 0.607. The van der Waals surface area contributed by atoms with Crippen molar-refractivity contribution >= 4 is 39.1 Å². The largest absolute Gasteiger partial charge is 0.205 e. The molecule has 0 aliphatic rings. The highest BCUT2D eigenvalue weighted by Gasteiger charge is 2.03. The van der Waals surface area contributed by atoms with E-state index in [1.54, 1.807) is 0 Å². The lowest BCUT2D eigenvalue weighted by atomic mass is 10.3. The Balaban J connectivity index is 3.28. The summed E-state index contributed by atoms with van der Waals surface area (Å²) in [6, 6.07) is 2.58. The lowest BCUT2D eigenvalue weighted by Crippen LogP contribution is -1.76. The van der Waals surface area contributed by atoms with Gasteiger partial charge in [0.05, 0.1) is 10.0 Å². The van der Waals surface area contributed by atoms with Crippen LogP contribution < -0.4 is 0 Å². The fourth-order valence-corrected chi connectivity index (χ4v) is 1.29. The Morgan fingerprint density at radius 2 is 1.80 bits per heavy atom. The van der Waals surface area contributed by atoms with Gasteiger partial charge < -0.3 is 0 Å². The van der Waals surface area contributed by atoms with Gasteiger partial charge in [0.1, 0.15) is 5.82 Å². The van der Waals surface area contributed by atoms with E-state index >= 15 is 0 Å². The second-order valence-electron chi connectivity index (χ2n) is 1.68. The molecule has 1 rings (SSSR count). The first-order chi connectivity index (χ1) is 4.61. The number of rotatable bonds is 0. The van der Waals surface area contributed by atoms with Crippen LogP contribution in [0.4, 0.5) is 4.39 Å². The van der Waals surface area contributed by atoms with Crippen LogP contribution in [0.25, 0.3) is 0 Å². The first kappa shape index (κ1) is 8.31. The predicted octanol–water partition coefficient (Wildman–Crippen LogP) is 3.90. The van der Waals surface area contributed by atoms with Gasteiger partial charge >= 0.3 is 0 Å². The van der Waals surface area contributed by atoms with Crippen molar-refractivity contribution in [1.82, 2.24) is 0 Å². The Kier molecular flexibility index (Phi) is 2.55. The molecule has 0 aliphatic heterocycles. The zero-order chi connectivity index (χ0) is 7.72. The van der Waals surface area contributed by atoms with Crippen molar-refractivity contribution in [2.45, 2.75) is 0 Å². The van der Waals surface area contributed by atoms with Gasteiger partial charge in [-0.3, -0.25) is 0 Å². The van der Waals surface area contributed by atoms with E-state index in [1.807, 2.05) is 0 Å². The molecule has 0 nitrogen and oxygen atoms in total. The molecule has 1 aromatic rings. The Morgan fingerprint density at radius 3 is 2.30 bits per heavy atom. The van der Waals surface area contributed by atoms with Gasteiger partial charge in [-0.25, -0.2) is 4.39 Å². The first-order valence-electron chi connectivity index (χ1n) is 2.41.